The van der Waals surface area contributed by atoms with Crippen LogP contribution in [-0.4, -0.2) is 20.3 Å². The van der Waals surface area contributed by atoms with E-state index in [0.717, 1.165) is 18.3 Å². The lowest BCUT2D eigenvalue weighted by Gasteiger charge is -2.05. The molecule has 0 aliphatic heterocycles. The van der Waals surface area contributed by atoms with Crippen LogP contribution >= 0.6 is 11.3 Å². The van der Waals surface area contributed by atoms with Crippen molar-refractivity contribution in [1.82, 2.24) is 5.32 Å². The van der Waals surface area contributed by atoms with Crippen LogP contribution in [0, 0.1) is 0 Å². The normalized spacial score (nSPS) is 15.1. The molecule has 1 aliphatic rings. The maximum absolute atomic E-state index is 5.37. The van der Waals surface area contributed by atoms with Gasteiger partial charge in [-0.2, -0.15) is 0 Å². The quantitative estimate of drug-likeness (QED) is 0.878. The van der Waals surface area contributed by atoms with Gasteiger partial charge in [-0.1, -0.05) is 0 Å². The number of fused-ring (bicyclic) bond motifs is 1. The van der Waals surface area contributed by atoms with E-state index in [1.54, 1.807) is 14.2 Å². The largest absolute Gasteiger partial charge is 0.497 e. The number of thiophene rings is 1. The van der Waals surface area contributed by atoms with Gasteiger partial charge in [-0.15, -0.1) is 11.3 Å². The Morgan fingerprint density at radius 1 is 1.32 bits per heavy atom. The summed E-state index contributed by atoms with van der Waals surface area (Å²) in [7, 11) is 3.46. The van der Waals surface area contributed by atoms with Crippen LogP contribution in [0.1, 0.15) is 23.3 Å². The molecule has 0 unspecified atom stereocenters. The van der Waals surface area contributed by atoms with Crippen molar-refractivity contribution >= 4 is 21.4 Å². The zero-order chi connectivity index (χ0) is 13.2. The molecule has 1 aromatic heterocycles. The van der Waals surface area contributed by atoms with Crippen LogP contribution in [0.2, 0.25) is 0 Å². The standard InChI is InChI=1S/C15H19NO2S/c1-17-9-13-12-7-11(18-2)5-6-14(12)19-15(13)8-16-10-3-4-10/h5-7,10,16H,3-4,8-9H2,1-2H3. The Bertz CT molecular complexity index is 575. The molecule has 1 heterocycles. The fourth-order valence-electron chi connectivity index (χ4n) is 2.28. The fraction of sp³-hybridized carbons (Fsp3) is 0.467. The Kier molecular flexibility index (Phi) is 3.73. The highest BCUT2D eigenvalue weighted by Gasteiger charge is 2.21. The SMILES string of the molecule is COCc1c(CNC2CC2)sc2ccc(OC)cc12. The molecule has 0 saturated heterocycles. The lowest BCUT2D eigenvalue weighted by atomic mass is 10.1. The van der Waals surface area contributed by atoms with Crippen molar-refractivity contribution in [2.75, 3.05) is 14.2 Å². The molecule has 1 N–H and O–H groups in total. The van der Waals surface area contributed by atoms with Gasteiger partial charge in [-0.05, 0) is 31.0 Å². The third-order valence-corrected chi connectivity index (χ3v) is 4.71. The van der Waals surface area contributed by atoms with E-state index >= 15 is 0 Å². The summed E-state index contributed by atoms with van der Waals surface area (Å²) in [6.07, 6.45) is 2.64. The molecular weight excluding hydrogens is 258 g/mol. The average Bonchev–Trinajstić information content (AvgIpc) is 3.20. The maximum atomic E-state index is 5.37. The van der Waals surface area contributed by atoms with Crippen molar-refractivity contribution in [2.24, 2.45) is 0 Å². The molecule has 2 aromatic rings. The van der Waals surface area contributed by atoms with Crippen molar-refractivity contribution in [1.29, 1.82) is 0 Å². The van der Waals surface area contributed by atoms with E-state index in [2.05, 4.69) is 17.4 Å². The van der Waals surface area contributed by atoms with Crippen LogP contribution in [0.4, 0.5) is 0 Å². The Morgan fingerprint density at radius 3 is 2.84 bits per heavy atom. The minimum Gasteiger partial charge on any atom is -0.497 e. The second-order valence-electron chi connectivity index (χ2n) is 4.95. The average molecular weight is 277 g/mol. The van der Waals surface area contributed by atoms with Gasteiger partial charge in [0, 0.05) is 40.2 Å². The topological polar surface area (TPSA) is 30.5 Å². The van der Waals surface area contributed by atoms with Crippen LogP contribution in [0.5, 0.6) is 5.75 Å². The van der Waals surface area contributed by atoms with Gasteiger partial charge in [-0.25, -0.2) is 0 Å². The van der Waals surface area contributed by atoms with Gasteiger partial charge >= 0.3 is 0 Å². The summed E-state index contributed by atoms with van der Waals surface area (Å²) in [6.45, 7) is 1.61. The Labute approximate surface area is 117 Å². The van der Waals surface area contributed by atoms with Gasteiger partial charge in [0.25, 0.3) is 0 Å². The summed E-state index contributed by atoms with van der Waals surface area (Å²) in [5, 5.41) is 4.85. The van der Waals surface area contributed by atoms with E-state index in [1.807, 2.05) is 17.4 Å². The Hall–Kier alpha value is -1.10. The van der Waals surface area contributed by atoms with Crippen molar-refractivity contribution < 1.29 is 9.47 Å². The molecule has 0 amide bonds. The smallest absolute Gasteiger partial charge is 0.119 e. The molecule has 3 nitrogen and oxygen atoms in total. The van der Waals surface area contributed by atoms with Gasteiger partial charge in [0.15, 0.2) is 0 Å². The Balaban J connectivity index is 1.96. The minimum absolute atomic E-state index is 0.662. The molecule has 1 fully saturated rings. The van der Waals surface area contributed by atoms with Crippen molar-refractivity contribution in [2.45, 2.75) is 32.0 Å². The van der Waals surface area contributed by atoms with Crippen LogP contribution < -0.4 is 10.1 Å². The monoisotopic (exact) mass is 277 g/mol. The number of methoxy groups -OCH3 is 2. The highest BCUT2D eigenvalue weighted by molar-refractivity contribution is 7.19. The maximum Gasteiger partial charge on any atom is 0.119 e. The molecule has 0 bridgehead atoms. The first-order valence-corrected chi connectivity index (χ1v) is 7.44. The van der Waals surface area contributed by atoms with Crippen LogP contribution in [0.25, 0.3) is 10.1 Å². The van der Waals surface area contributed by atoms with Crippen molar-refractivity contribution in [3.05, 3.63) is 28.6 Å². The minimum atomic E-state index is 0.662. The molecule has 4 heteroatoms. The summed E-state index contributed by atoms with van der Waals surface area (Å²) in [4.78, 5) is 1.39. The predicted molar refractivity (Wildman–Crippen MR) is 79.0 cm³/mol. The lowest BCUT2D eigenvalue weighted by Crippen LogP contribution is -2.15. The zero-order valence-electron chi connectivity index (χ0n) is 11.4. The van der Waals surface area contributed by atoms with Gasteiger partial charge in [0.2, 0.25) is 0 Å². The molecule has 0 radical (unpaired) electrons. The molecule has 0 atom stereocenters. The molecule has 1 saturated carbocycles. The molecule has 1 aromatic carbocycles. The molecule has 1 aliphatic carbocycles. The summed E-state index contributed by atoms with van der Waals surface area (Å²) in [5.74, 6) is 0.907. The van der Waals surface area contributed by atoms with Crippen molar-refractivity contribution in [3.63, 3.8) is 0 Å². The van der Waals surface area contributed by atoms with Crippen molar-refractivity contribution in [3.8, 4) is 5.75 Å². The first-order valence-electron chi connectivity index (χ1n) is 6.62. The molecule has 0 spiro atoms. The van der Waals surface area contributed by atoms with Gasteiger partial charge in [0.1, 0.15) is 5.75 Å². The van der Waals surface area contributed by atoms with Crippen LogP contribution in [0.3, 0.4) is 0 Å². The summed E-state index contributed by atoms with van der Waals surface area (Å²) in [6, 6.07) is 7.00. The predicted octanol–water partition coefficient (Wildman–Crippen LogP) is 3.31. The van der Waals surface area contributed by atoms with E-state index in [-0.39, 0.29) is 0 Å². The van der Waals surface area contributed by atoms with E-state index < -0.39 is 0 Å². The second kappa shape index (κ2) is 5.49. The van der Waals surface area contributed by atoms with E-state index in [0.29, 0.717) is 6.61 Å². The Morgan fingerprint density at radius 2 is 2.16 bits per heavy atom. The summed E-state index contributed by atoms with van der Waals surface area (Å²) >= 11 is 1.85. The highest BCUT2D eigenvalue weighted by atomic mass is 32.1. The number of nitrogens with one attached hydrogen (secondary N) is 1. The van der Waals surface area contributed by atoms with Crippen LogP contribution in [-0.2, 0) is 17.9 Å². The fourth-order valence-corrected chi connectivity index (χ4v) is 3.42. The first kappa shape index (κ1) is 12.9. The van der Waals surface area contributed by atoms with Crippen LogP contribution in [0.15, 0.2) is 18.2 Å². The van der Waals surface area contributed by atoms with E-state index in [1.165, 1.54) is 33.4 Å². The third kappa shape index (κ3) is 2.76. The van der Waals surface area contributed by atoms with E-state index in [9.17, 15) is 0 Å². The molecule has 19 heavy (non-hydrogen) atoms. The number of rotatable bonds is 6. The third-order valence-electron chi connectivity index (χ3n) is 3.50. The number of benzene rings is 1. The molecule has 3 rings (SSSR count). The zero-order valence-corrected chi connectivity index (χ0v) is 12.2. The second-order valence-corrected chi connectivity index (χ2v) is 6.09. The number of hydrogen-bond donors (Lipinski definition) is 1. The highest BCUT2D eigenvalue weighted by Crippen LogP contribution is 2.35. The van der Waals surface area contributed by atoms with E-state index in [4.69, 9.17) is 9.47 Å². The summed E-state index contributed by atoms with van der Waals surface area (Å²) < 4.78 is 12.0. The molecular formula is C15H19NO2S. The number of ether oxygens (including phenoxy) is 2. The van der Waals surface area contributed by atoms with Gasteiger partial charge in [-0.3, -0.25) is 0 Å². The first-order chi connectivity index (χ1) is 9.31. The van der Waals surface area contributed by atoms with Gasteiger partial charge in [0.05, 0.1) is 13.7 Å². The van der Waals surface area contributed by atoms with Gasteiger partial charge < -0.3 is 14.8 Å². The molecule has 102 valence electrons. The summed E-state index contributed by atoms with van der Waals surface area (Å²) in [5.41, 5.74) is 1.30. The lowest BCUT2D eigenvalue weighted by molar-refractivity contribution is 0.185. The number of hydrogen-bond acceptors (Lipinski definition) is 4.